The maximum Gasteiger partial charge on any atom is 0.417 e. The molecule has 172 valence electrons. The fourth-order valence-corrected chi connectivity index (χ4v) is 4.61. The Balaban J connectivity index is 1.38. The Morgan fingerprint density at radius 2 is 1.88 bits per heavy atom. The van der Waals surface area contributed by atoms with Gasteiger partial charge in [-0.1, -0.05) is 25.4 Å². The highest BCUT2D eigenvalue weighted by Crippen LogP contribution is 2.52. The number of halogens is 1. The van der Waals surface area contributed by atoms with Crippen LogP contribution in [0.2, 0.25) is 5.02 Å². The molecule has 0 bridgehead atoms. The highest BCUT2D eigenvalue weighted by Gasteiger charge is 2.63. The Kier molecular flexibility index (Phi) is 5.23. The molecule has 1 unspecified atom stereocenters. The summed E-state index contributed by atoms with van der Waals surface area (Å²) in [7, 11) is 0. The van der Waals surface area contributed by atoms with E-state index in [9.17, 15) is 4.79 Å². The summed E-state index contributed by atoms with van der Waals surface area (Å²) in [5.74, 6) is 1.44. The van der Waals surface area contributed by atoms with Gasteiger partial charge in [0.15, 0.2) is 0 Å². The van der Waals surface area contributed by atoms with Gasteiger partial charge in [0.25, 0.3) is 0 Å². The van der Waals surface area contributed by atoms with E-state index in [1.54, 1.807) is 18.2 Å². The van der Waals surface area contributed by atoms with E-state index < -0.39 is 11.7 Å². The molecule has 9 nitrogen and oxygen atoms in total. The molecule has 3 heterocycles. The van der Waals surface area contributed by atoms with Crippen LogP contribution in [-0.4, -0.2) is 42.2 Å². The standard InChI is InChI=1S/C23H26ClN7O2/c1-13(2)19-23(9-10-23)33-22(32)31(19)21-28-15(4)27-20(29-21)26-14(3)18-11-30(12-25-18)17-7-5-16(24)6-8-17/h5-8,11-14,19H,9-10H2,1-4H3,(H,26,27,28,29)/t14-,19?/m0/s1. The topological polar surface area (TPSA) is 98.1 Å². The van der Waals surface area contributed by atoms with E-state index in [0.717, 1.165) is 24.2 Å². The van der Waals surface area contributed by atoms with E-state index in [2.05, 4.69) is 39.1 Å². The fourth-order valence-electron chi connectivity index (χ4n) is 4.49. The van der Waals surface area contributed by atoms with Crippen molar-refractivity contribution in [2.75, 3.05) is 10.2 Å². The highest BCUT2D eigenvalue weighted by molar-refractivity contribution is 6.30. The van der Waals surface area contributed by atoms with Crippen LogP contribution in [-0.2, 0) is 4.74 Å². The molecule has 2 atom stereocenters. The zero-order valence-electron chi connectivity index (χ0n) is 19.0. The third-order valence-electron chi connectivity index (χ3n) is 6.15. The number of hydrogen-bond donors (Lipinski definition) is 1. The molecule has 0 radical (unpaired) electrons. The maximum atomic E-state index is 12.7. The molecule has 33 heavy (non-hydrogen) atoms. The maximum absolute atomic E-state index is 12.7. The first kappa shape index (κ1) is 21.6. The van der Waals surface area contributed by atoms with E-state index >= 15 is 0 Å². The van der Waals surface area contributed by atoms with Crippen LogP contribution in [0.4, 0.5) is 16.7 Å². The van der Waals surface area contributed by atoms with Gasteiger partial charge in [0.05, 0.1) is 24.1 Å². The average molecular weight is 468 g/mol. The molecule has 1 aliphatic carbocycles. The van der Waals surface area contributed by atoms with Crippen LogP contribution in [0.1, 0.15) is 51.2 Å². The highest BCUT2D eigenvalue weighted by atomic mass is 35.5. The third kappa shape index (κ3) is 4.01. The number of imidazole rings is 1. The first-order valence-corrected chi connectivity index (χ1v) is 11.4. The second-order valence-corrected chi connectivity index (χ2v) is 9.48. The number of anilines is 2. The Morgan fingerprint density at radius 3 is 2.55 bits per heavy atom. The molecule has 1 amide bonds. The predicted molar refractivity (Wildman–Crippen MR) is 125 cm³/mol. The monoisotopic (exact) mass is 467 g/mol. The van der Waals surface area contributed by atoms with Gasteiger partial charge in [-0.3, -0.25) is 0 Å². The number of nitrogens with zero attached hydrogens (tertiary/aromatic N) is 6. The zero-order valence-corrected chi connectivity index (χ0v) is 19.7. The number of rotatable bonds is 6. The summed E-state index contributed by atoms with van der Waals surface area (Å²) < 4.78 is 7.66. The summed E-state index contributed by atoms with van der Waals surface area (Å²) in [5, 5.41) is 3.98. The Hall–Kier alpha value is -3.20. The van der Waals surface area contributed by atoms with Crippen molar-refractivity contribution in [2.24, 2.45) is 5.92 Å². The molecule has 1 saturated heterocycles. The smallest absolute Gasteiger partial charge is 0.417 e. The van der Waals surface area contributed by atoms with Crippen LogP contribution < -0.4 is 10.2 Å². The van der Waals surface area contributed by atoms with Crippen LogP contribution in [0.5, 0.6) is 0 Å². The molecule has 5 rings (SSSR count). The van der Waals surface area contributed by atoms with Crippen molar-refractivity contribution in [3.63, 3.8) is 0 Å². The number of ether oxygens (including phenoxy) is 1. The summed E-state index contributed by atoms with van der Waals surface area (Å²) in [6.45, 7) is 7.94. The van der Waals surface area contributed by atoms with Crippen molar-refractivity contribution in [1.29, 1.82) is 0 Å². The Labute approximate surface area is 197 Å². The second kappa shape index (κ2) is 7.98. The molecule has 1 aromatic carbocycles. The lowest BCUT2D eigenvalue weighted by molar-refractivity contribution is 0.109. The predicted octanol–water partition coefficient (Wildman–Crippen LogP) is 4.71. The van der Waals surface area contributed by atoms with Crippen LogP contribution in [0, 0.1) is 12.8 Å². The van der Waals surface area contributed by atoms with Crippen LogP contribution in [0.15, 0.2) is 36.8 Å². The first-order valence-electron chi connectivity index (χ1n) is 11.1. The van der Waals surface area contributed by atoms with Gasteiger partial charge in [0, 0.05) is 16.9 Å². The van der Waals surface area contributed by atoms with E-state index in [1.165, 1.54) is 0 Å². The largest absolute Gasteiger partial charge is 0.440 e. The number of benzene rings is 1. The molecule has 1 spiro atoms. The number of nitrogens with one attached hydrogen (secondary N) is 1. The van der Waals surface area contributed by atoms with E-state index in [4.69, 9.17) is 16.3 Å². The van der Waals surface area contributed by atoms with E-state index in [1.807, 2.05) is 42.0 Å². The third-order valence-corrected chi connectivity index (χ3v) is 6.40. The minimum Gasteiger partial charge on any atom is -0.440 e. The molecule has 2 fully saturated rings. The number of carbonyl (C=O) groups is 1. The van der Waals surface area contributed by atoms with Crippen molar-refractivity contribution < 1.29 is 9.53 Å². The molecular formula is C23H26ClN7O2. The van der Waals surface area contributed by atoms with Crippen LogP contribution >= 0.6 is 11.6 Å². The lowest BCUT2D eigenvalue weighted by Gasteiger charge is -2.26. The van der Waals surface area contributed by atoms with Crippen molar-refractivity contribution in [3.8, 4) is 5.69 Å². The Bertz CT molecular complexity index is 1190. The van der Waals surface area contributed by atoms with E-state index in [-0.39, 0.29) is 18.0 Å². The summed E-state index contributed by atoms with van der Waals surface area (Å²) in [4.78, 5) is 32.3. The van der Waals surface area contributed by atoms with Gasteiger partial charge in [0.2, 0.25) is 11.9 Å². The number of hydrogen-bond acceptors (Lipinski definition) is 7. The Morgan fingerprint density at radius 1 is 1.15 bits per heavy atom. The lowest BCUT2D eigenvalue weighted by Crippen LogP contribution is -2.43. The SMILES string of the molecule is Cc1nc(N[C@@H](C)c2cn(-c3ccc(Cl)cc3)cn2)nc(N2C(=O)OC3(CC3)C2C(C)C)n1. The van der Waals surface area contributed by atoms with Gasteiger partial charge in [-0.2, -0.15) is 15.0 Å². The van der Waals surface area contributed by atoms with Gasteiger partial charge in [0.1, 0.15) is 11.4 Å². The summed E-state index contributed by atoms with van der Waals surface area (Å²) in [5.41, 5.74) is 1.38. The molecule has 1 saturated carbocycles. The van der Waals surface area contributed by atoms with Gasteiger partial charge < -0.3 is 14.6 Å². The summed E-state index contributed by atoms with van der Waals surface area (Å²) >= 11 is 5.99. The summed E-state index contributed by atoms with van der Waals surface area (Å²) in [6, 6.07) is 7.28. The lowest BCUT2D eigenvalue weighted by atomic mass is 9.96. The normalized spacial score (nSPS) is 19.8. The molecule has 3 aromatic rings. The van der Waals surface area contributed by atoms with Crippen LogP contribution in [0.25, 0.3) is 5.69 Å². The van der Waals surface area contributed by atoms with Crippen molar-refractivity contribution in [3.05, 3.63) is 53.3 Å². The van der Waals surface area contributed by atoms with E-state index in [0.29, 0.717) is 22.7 Å². The number of amides is 1. The van der Waals surface area contributed by atoms with Gasteiger partial charge in [-0.05, 0) is 56.9 Å². The molecular weight excluding hydrogens is 442 g/mol. The molecule has 2 aliphatic rings. The van der Waals surface area contributed by atoms with Gasteiger partial charge in [-0.25, -0.2) is 14.7 Å². The average Bonchev–Trinajstić information content (AvgIpc) is 3.22. The second-order valence-electron chi connectivity index (χ2n) is 9.05. The number of carbonyl (C=O) groups excluding carboxylic acids is 1. The van der Waals surface area contributed by atoms with Gasteiger partial charge >= 0.3 is 6.09 Å². The van der Waals surface area contributed by atoms with Gasteiger partial charge in [-0.15, -0.1) is 0 Å². The summed E-state index contributed by atoms with van der Waals surface area (Å²) in [6.07, 6.45) is 5.06. The van der Waals surface area contributed by atoms with Crippen LogP contribution in [0.3, 0.4) is 0 Å². The fraction of sp³-hybridized carbons (Fsp3) is 0.435. The van der Waals surface area contributed by atoms with Crippen molar-refractivity contribution >= 4 is 29.6 Å². The minimum absolute atomic E-state index is 0.0906. The molecule has 2 aromatic heterocycles. The first-order chi connectivity index (χ1) is 15.8. The number of aryl methyl sites for hydroxylation is 1. The molecule has 10 heteroatoms. The quantitative estimate of drug-likeness (QED) is 0.560. The molecule has 1 aliphatic heterocycles. The molecule has 1 N–H and O–H groups in total. The number of aromatic nitrogens is 5. The minimum atomic E-state index is -0.402. The van der Waals surface area contributed by atoms with Crippen molar-refractivity contribution in [1.82, 2.24) is 24.5 Å². The van der Waals surface area contributed by atoms with Crippen molar-refractivity contribution in [2.45, 2.75) is 58.2 Å². The zero-order chi connectivity index (χ0) is 23.3.